The van der Waals surface area contributed by atoms with E-state index in [-0.39, 0.29) is 17.2 Å². The minimum Gasteiger partial charge on any atom is -0.507 e. The summed E-state index contributed by atoms with van der Waals surface area (Å²) in [6.45, 7) is 0. The summed E-state index contributed by atoms with van der Waals surface area (Å²) in [5.41, 5.74) is 0.0291. The van der Waals surface area contributed by atoms with Crippen LogP contribution in [0.3, 0.4) is 0 Å². The van der Waals surface area contributed by atoms with Crippen molar-refractivity contribution in [2.75, 3.05) is 0 Å². The zero-order valence-corrected chi connectivity index (χ0v) is 12.3. The van der Waals surface area contributed by atoms with Crippen molar-refractivity contribution in [1.29, 1.82) is 0 Å². The maximum absolute atomic E-state index is 12.2. The van der Waals surface area contributed by atoms with Crippen LogP contribution in [0.1, 0.15) is 42.5 Å². The van der Waals surface area contributed by atoms with Crippen molar-refractivity contribution >= 4 is 23.5 Å². The van der Waals surface area contributed by atoms with Crippen molar-refractivity contribution in [2.45, 2.75) is 38.1 Å². The van der Waals surface area contributed by atoms with Gasteiger partial charge in [-0.05, 0) is 37.0 Å². The molecular weight excluding hydrogens is 294 g/mol. The first-order chi connectivity index (χ1) is 9.99. The minimum absolute atomic E-state index is 0.0291. The van der Waals surface area contributed by atoms with Crippen LogP contribution in [-0.4, -0.2) is 28.1 Å². The molecule has 0 aromatic heterocycles. The van der Waals surface area contributed by atoms with Crippen LogP contribution >= 0.6 is 11.6 Å². The van der Waals surface area contributed by atoms with Crippen LogP contribution in [0, 0.1) is 5.92 Å². The number of rotatable bonds is 4. The number of aliphatic carboxylic acids is 1. The van der Waals surface area contributed by atoms with E-state index in [1.807, 2.05) is 0 Å². The third-order valence-electron chi connectivity index (χ3n) is 3.88. The van der Waals surface area contributed by atoms with Crippen molar-refractivity contribution in [3.63, 3.8) is 0 Å². The SMILES string of the molecule is O=C(NC(C(=O)O)C1CCCCC1)c1ccc(Cl)cc1O. The molecule has 0 spiro atoms. The van der Waals surface area contributed by atoms with Gasteiger partial charge in [0.2, 0.25) is 0 Å². The van der Waals surface area contributed by atoms with Crippen LogP contribution in [0.15, 0.2) is 18.2 Å². The fourth-order valence-corrected chi connectivity index (χ4v) is 2.93. The number of nitrogens with one attached hydrogen (secondary N) is 1. The molecule has 1 unspecified atom stereocenters. The molecule has 0 saturated heterocycles. The van der Waals surface area contributed by atoms with E-state index in [4.69, 9.17) is 11.6 Å². The van der Waals surface area contributed by atoms with Crippen LogP contribution in [0.4, 0.5) is 0 Å². The lowest BCUT2D eigenvalue weighted by molar-refractivity contribution is -0.141. The second kappa shape index (κ2) is 6.80. The van der Waals surface area contributed by atoms with Crippen LogP contribution in [0.2, 0.25) is 5.02 Å². The molecule has 1 aliphatic rings. The lowest BCUT2D eigenvalue weighted by Crippen LogP contribution is -2.46. The average Bonchev–Trinajstić information content (AvgIpc) is 2.45. The van der Waals surface area contributed by atoms with E-state index >= 15 is 0 Å². The number of carbonyl (C=O) groups is 2. The summed E-state index contributed by atoms with van der Waals surface area (Å²) in [6.07, 6.45) is 4.66. The van der Waals surface area contributed by atoms with E-state index in [1.54, 1.807) is 0 Å². The van der Waals surface area contributed by atoms with Gasteiger partial charge in [-0.1, -0.05) is 30.9 Å². The highest BCUT2D eigenvalue weighted by atomic mass is 35.5. The largest absolute Gasteiger partial charge is 0.507 e. The third kappa shape index (κ3) is 3.88. The van der Waals surface area contributed by atoms with Crippen molar-refractivity contribution in [3.05, 3.63) is 28.8 Å². The first-order valence-corrected chi connectivity index (χ1v) is 7.39. The molecule has 1 amide bonds. The van der Waals surface area contributed by atoms with Crippen molar-refractivity contribution in [2.24, 2.45) is 5.92 Å². The number of benzene rings is 1. The molecule has 1 aromatic rings. The number of carbonyl (C=O) groups excluding carboxylic acids is 1. The summed E-state index contributed by atoms with van der Waals surface area (Å²) in [7, 11) is 0. The monoisotopic (exact) mass is 311 g/mol. The van der Waals surface area contributed by atoms with Crippen LogP contribution < -0.4 is 5.32 Å². The third-order valence-corrected chi connectivity index (χ3v) is 4.11. The average molecular weight is 312 g/mol. The molecule has 3 N–H and O–H groups in total. The predicted octanol–water partition coefficient (Wildman–Crippen LogP) is 2.81. The topological polar surface area (TPSA) is 86.6 Å². The van der Waals surface area contributed by atoms with E-state index in [9.17, 15) is 19.8 Å². The molecule has 1 saturated carbocycles. The van der Waals surface area contributed by atoms with Crippen LogP contribution in [0.25, 0.3) is 0 Å². The standard InChI is InChI=1S/C15H18ClNO4/c16-10-6-7-11(12(18)8-10)14(19)17-13(15(20)21)9-4-2-1-3-5-9/h6-9,13,18H,1-5H2,(H,17,19)(H,20,21). The number of aromatic hydroxyl groups is 1. The number of carboxylic acid groups (broad SMARTS) is 1. The Morgan fingerprint density at radius 1 is 1.24 bits per heavy atom. The Labute approximate surface area is 127 Å². The van der Waals surface area contributed by atoms with E-state index in [2.05, 4.69) is 5.32 Å². The summed E-state index contributed by atoms with van der Waals surface area (Å²) in [4.78, 5) is 23.6. The molecule has 21 heavy (non-hydrogen) atoms. The number of phenols is 1. The van der Waals surface area contributed by atoms with Gasteiger partial charge >= 0.3 is 5.97 Å². The number of hydrogen-bond donors (Lipinski definition) is 3. The summed E-state index contributed by atoms with van der Waals surface area (Å²) < 4.78 is 0. The minimum atomic E-state index is -1.04. The van der Waals surface area contributed by atoms with Gasteiger partial charge in [0.05, 0.1) is 5.56 Å². The van der Waals surface area contributed by atoms with E-state index in [0.29, 0.717) is 5.02 Å². The molecule has 1 aromatic carbocycles. The number of amides is 1. The Balaban J connectivity index is 2.12. The second-order valence-corrected chi connectivity index (χ2v) is 5.79. The fourth-order valence-electron chi connectivity index (χ4n) is 2.76. The molecule has 0 aliphatic heterocycles. The molecule has 6 heteroatoms. The van der Waals surface area contributed by atoms with Crippen molar-refractivity contribution < 1.29 is 19.8 Å². The molecule has 1 fully saturated rings. The highest BCUT2D eigenvalue weighted by Gasteiger charge is 2.31. The Morgan fingerprint density at radius 3 is 2.48 bits per heavy atom. The predicted molar refractivity (Wildman–Crippen MR) is 78.6 cm³/mol. The van der Waals surface area contributed by atoms with Gasteiger partial charge in [0.25, 0.3) is 5.91 Å². The van der Waals surface area contributed by atoms with Gasteiger partial charge in [-0.15, -0.1) is 0 Å². The summed E-state index contributed by atoms with van der Waals surface area (Å²) in [5, 5.41) is 21.9. The first kappa shape index (κ1) is 15.6. The molecule has 0 radical (unpaired) electrons. The van der Waals surface area contributed by atoms with Gasteiger partial charge in [0.15, 0.2) is 0 Å². The molecule has 114 valence electrons. The van der Waals surface area contributed by atoms with E-state index in [0.717, 1.165) is 32.1 Å². The number of hydrogen-bond acceptors (Lipinski definition) is 3. The molecule has 2 rings (SSSR count). The van der Waals surface area contributed by atoms with Gasteiger partial charge in [-0.25, -0.2) is 4.79 Å². The molecule has 0 heterocycles. The zero-order chi connectivity index (χ0) is 15.4. The van der Waals surface area contributed by atoms with Gasteiger partial charge in [-0.2, -0.15) is 0 Å². The van der Waals surface area contributed by atoms with Gasteiger partial charge < -0.3 is 15.5 Å². The highest BCUT2D eigenvalue weighted by molar-refractivity contribution is 6.30. The summed E-state index contributed by atoms with van der Waals surface area (Å²) in [6, 6.07) is 3.19. The number of phenolic OH excluding ortho intramolecular Hbond substituents is 1. The Morgan fingerprint density at radius 2 is 1.90 bits per heavy atom. The fraction of sp³-hybridized carbons (Fsp3) is 0.467. The van der Waals surface area contributed by atoms with Crippen molar-refractivity contribution in [3.8, 4) is 5.75 Å². The maximum atomic E-state index is 12.2. The molecule has 5 nitrogen and oxygen atoms in total. The first-order valence-electron chi connectivity index (χ1n) is 7.01. The smallest absolute Gasteiger partial charge is 0.326 e. The molecule has 0 bridgehead atoms. The molecular formula is C15H18ClNO4. The van der Waals surface area contributed by atoms with Gasteiger partial charge in [0.1, 0.15) is 11.8 Å². The zero-order valence-electron chi connectivity index (χ0n) is 11.5. The van der Waals surface area contributed by atoms with Gasteiger partial charge in [0, 0.05) is 5.02 Å². The lowest BCUT2D eigenvalue weighted by Gasteiger charge is -2.28. The maximum Gasteiger partial charge on any atom is 0.326 e. The van der Waals surface area contributed by atoms with Gasteiger partial charge in [-0.3, -0.25) is 4.79 Å². The number of halogens is 1. The normalized spacial score (nSPS) is 17.2. The van der Waals surface area contributed by atoms with Crippen molar-refractivity contribution in [1.82, 2.24) is 5.32 Å². The summed E-state index contributed by atoms with van der Waals surface area (Å²) in [5.74, 6) is -1.95. The van der Waals surface area contributed by atoms with Crippen LogP contribution in [0.5, 0.6) is 5.75 Å². The lowest BCUT2D eigenvalue weighted by atomic mass is 9.84. The Kier molecular flexibility index (Phi) is 5.07. The van der Waals surface area contributed by atoms with E-state index in [1.165, 1.54) is 18.2 Å². The highest BCUT2D eigenvalue weighted by Crippen LogP contribution is 2.27. The number of carboxylic acids is 1. The second-order valence-electron chi connectivity index (χ2n) is 5.35. The Hall–Kier alpha value is -1.75. The molecule has 1 aliphatic carbocycles. The quantitative estimate of drug-likeness (QED) is 0.798. The van der Waals surface area contributed by atoms with E-state index < -0.39 is 17.9 Å². The summed E-state index contributed by atoms with van der Waals surface area (Å²) >= 11 is 5.71. The Bertz CT molecular complexity index is 540. The van der Waals surface area contributed by atoms with Crippen LogP contribution in [-0.2, 0) is 4.79 Å². The molecule has 1 atom stereocenters.